The first-order valence-electron chi connectivity index (χ1n) is 8.71. The molecule has 0 aliphatic heterocycles. The molecule has 0 amide bonds. The molecule has 0 aliphatic carbocycles. The maximum absolute atomic E-state index is 10.0. The van der Waals surface area contributed by atoms with Crippen molar-refractivity contribution in [1.82, 2.24) is 14.7 Å². The number of aryl methyl sites for hydroxylation is 1. The van der Waals surface area contributed by atoms with Crippen molar-refractivity contribution in [3.8, 4) is 22.6 Å². The molecule has 4 nitrogen and oxygen atoms in total. The third kappa shape index (κ3) is 5.50. The Morgan fingerprint density at radius 1 is 1.07 bits per heavy atom. The van der Waals surface area contributed by atoms with E-state index in [4.69, 9.17) is 23.2 Å². The largest absolute Gasteiger partial charge is 0.393 e. The monoisotopic (exact) mass is 421 g/mol. The molecule has 1 atom stereocenters. The number of aromatic nitrogens is 2. The highest BCUT2D eigenvalue weighted by Crippen LogP contribution is 2.27. The highest BCUT2D eigenvalue weighted by molar-refractivity contribution is 7.78. The average Bonchev–Trinajstić information content (AvgIpc) is 3.16. The first-order chi connectivity index (χ1) is 13.1. The second kappa shape index (κ2) is 9.62. The lowest BCUT2D eigenvalue weighted by Gasteiger charge is -2.11. The van der Waals surface area contributed by atoms with Gasteiger partial charge in [-0.15, -0.1) is 0 Å². The smallest absolute Gasteiger partial charge is 0.137 e. The summed E-state index contributed by atoms with van der Waals surface area (Å²) in [6, 6.07) is 13.5. The molecule has 0 saturated carbocycles. The zero-order valence-electron chi connectivity index (χ0n) is 14.6. The first kappa shape index (κ1) is 20.2. The second-order valence-corrected chi connectivity index (χ2v) is 7.51. The van der Waals surface area contributed by atoms with Crippen LogP contribution in [-0.2, 0) is 6.42 Å². The zero-order valence-corrected chi connectivity index (χ0v) is 17.0. The minimum atomic E-state index is -0.385. The number of hydrogen-bond donors (Lipinski definition) is 4. The Bertz CT molecular complexity index is 883. The summed E-state index contributed by atoms with van der Waals surface area (Å²) in [4.78, 5) is 7.84. The number of rotatable bonds is 8. The van der Waals surface area contributed by atoms with E-state index in [1.807, 2.05) is 42.5 Å². The van der Waals surface area contributed by atoms with Gasteiger partial charge in [-0.1, -0.05) is 48.1 Å². The molecule has 2 aromatic carbocycles. The van der Waals surface area contributed by atoms with Gasteiger partial charge in [0.1, 0.15) is 5.82 Å². The van der Waals surface area contributed by atoms with E-state index < -0.39 is 0 Å². The Kier molecular flexibility index (Phi) is 7.21. The molecule has 0 fully saturated rings. The molecule has 27 heavy (non-hydrogen) atoms. The van der Waals surface area contributed by atoms with E-state index >= 15 is 0 Å². The van der Waals surface area contributed by atoms with E-state index in [0.717, 1.165) is 28.2 Å². The van der Waals surface area contributed by atoms with Gasteiger partial charge in [0.25, 0.3) is 0 Å². The van der Waals surface area contributed by atoms with Crippen molar-refractivity contribution in [3.05, 3.63) is 64.3 Å². The molecular weight excluding hydrogens is 401 g/mol. The van der Waals surface area contributed by atoms with Crippen molar-refractivity contribution in [2.45, 2.75) is 25.4 Å². The zero-order chi connectivity index (χ0) is 19.2. The third-order valence-corrected chi connectivity index (χ3v) is 5.23. The minimum Gasteiger partial charge on any atom is -0.393 e. The summed E-state index contributed by atoms with van der Waals surface area (Å²) in [5.74, 6) is 0.776. The molecule has 3 rings (SSSR count). The summed E-state index contributed by atoms with van der Waals surface area (Å²) < 4.78 is 2.75. The van der Waals surface area contributed by atoms with E-state index in [1.165, 1.54) is 0 Å². The summed E-state index contributed by atoms with van der Waals surface area (Å²) in [7, 11) is 0. The fraction of sp³-hybridized carbons (Fsp3) is 0.250. The standard InChI is InChI=1S/C20H21Cl2N3OS/c21-16-5-1-13(2-6-16)19-12-23-20(25-19)15-4-8-18(22)14(11-15)3-7-17(26)9-10-24-27/h1-2,4-6,8,11-12,17,24,26-27H,3,7,9-10H2,(H,23,25). The lowest BCUT2D eigenvalue weighted by atomic mass is 10.0. The van der Waals surface area contributed by atoms with Gasteiger partial charge in [-0.3, -0.25) is 4.72 Å². The lowest BCUT2D eigenvalue weighted by molar-refractivity contribution is 0.156. The molecule has 1 aromatic heterocycles. The number of halogens is 2. The van der Waals surface area contributed by atoms with Crippen LogP contribution < -0.4 is 4.72 Å². The average molecular weight is 422 g/mol. The van der Waals surface area contributed by atoms with Crippen molar-refractivity contribution in [2.24, 2.45) is 0 Å². The van der Waals surface area contributed by atoms with Crippen LogP contribution in [0.3, 0.4) is 0 Å². The molecule has 0 saturated heterocycles. The summed E-state index contributed by atoms with van der Waals surface area (Å²) >= 11 is 16.2. The van der Waals surface area contributed by atoms with Crippen molar-refractivity contribution < 1.29 is 5.11 Å². The number of hydrogen-bond acceptors (Lipinski definition) is 4. The summed E-state index contributed by atoms with van der Waals surface area (Å²) in [6.45, 7) is 0.665. The topological polar surface area (TPSA) is 60.9 Å². The van der Waals surface area contributed by atoms with Crippen molar-refractivity contribution >= 4 is 36.0 Å². The van der Waals surface area contributed by atoms with Crippen LogP contribution in [-0.4, -0.2) is 27.7 Å². The lowest BCUT2D eigenvalue weighted by Crippen LogP contribution is -2.14. The van der Waals surface area contributed by atoms with Crippen LogP contribution in [0.4, 0.5) is 0 Å². The molecule has 0 bridgehead atoms. The molecule has 1 unspecified atom stereocenters. The van der Waals surface area contributed by atoms with E-state index in [1.54, 1.807) is 6.20 Å². The molecule has 0 spiro atoms. The van der Waals surface area contributed by atoms with E-state index in [9.17, 15) is 5.11 Å². The molecular formula is C20H21Cl2N3OS. The normalized spacial score (nSPS) is 12.3. The van der Waals surface area contributed by atoms with Crippen LogP contribution in [0.1, 0.15) is 18.4 Å². The molecule has 0 radical (unpaired) electrons. The van der Waals surface area contributed by atoms with Gasteiger partial charge in [-0.25, -0.2) is 4.98 Å². The van der Waals surface area contributed by atoms with Crippen LogP contribution in [0.2, 0.25) is 10.0 Å². The van der Waals surface area contributed by atoms with Gasteiger partial charge in [0.2, 0.25) is 0 Å². The molecule has 3 aromatic rings. The van der Waals surface area contributed by atoms with E-state index in [0.29, 0.717) is 35.9 Å². The summed E-state index contributed by atoms with van der Waals surface area (Å²) in [6.07, 6.45) is 3.42. The predicted molar refractivity (Wildman–Crippen MR) is 115 cm³/mol. The first-order valence-corrected chi connectivity index (χ1v) is 9.92. The maximum Gasteiger partial charge on any atom is 0.137 e. The fourth-order valence-corrected chi connectivity index (χ4v) is 3.32. The fourth-order valence-electron chi connectivity index (χ4n) is 2.86. The molecule has 0 aliphatic rings. The van der Waals surface area contributed by atoms with Crippen molar-refractivity contribution in [2.75, 3.05) is 6.54 Å². The van der Waals surface area contributed by atoms with Crippen molar-refractivity contribution in [3.63, 3.8) is 0 Å². The summed E-state index contributed by atoms with van der Waals surface area (Å²) in [5, 5.41) is 11.4. The number of aliphatic hydroxyl groups excluding tert-OH is 1. The van der Waals surface area contributed by atoms with Crippen LogP contribution in [0, 0.1) is 0 Å². The number of benzene rings is 2. The predicted octanol–water partition coefficient (Wildman–Crippen LogP) is 5.17. The van der Waals surface area contributed by atoms with Gasteiger partial charge in [0.05, 0.1) is 18.0 Å². The Hall–Kier alpha value is -1.50. The Morgan fingerprint density at radius 3 is 2.56 bits per heavy atom. The van der Waals surface area contributed by atoms with Crippen LogP contribution in [0.15, 0.2) is 48.7 Å². The SMILES string of the molecule is OC(CCNS)CCc1cc(-c2ncc(-c3ccc(Cl)cc3)[nH]2)ccc1Cl. The van der Waals surface area contributed by atoms with E-state index in [2.05, 4.69) is 27.5 Å². The molecule has 1 heterocycles. The number of aromatic amines is 1. The molecule has 142 valence electrons. The second-order valence-electron chi connectivity index (χ2n) is 6.35. The van der Waals surface area contributed by atoms with Gasteiger partial charge in [-0.05, 0) is 60.7 Å². The number of imidazole rings is 1. The van der Waals surface area contributed by atoms with Gasteiger partial charge in [-0.2, -0.15) is 0 Å². The van der Waals surface area contributed by atoms with Crippen LogP contribution >= 0.6 is 36.0 Å². The molecule has 3 N–H and O–H groups in total. The molecule has 7 heteroatoms. The highest BCUT2D eigenvalue weighted by atomic mass is 35.5. The Labute approximate surface area is 174 Å². The number of H-pyrrole nitrogens is 1. The van der Waals surface area contributed by atoms with Crippen molar-refractivity contribution in [1.29, 1.82) is 0 Å². The van der Waals surface area contributed by atoms with Gasteiger partial charge in [0, 0.05) is 22.2 Å². The number of aliphatic hydroxyl groups is 1. The summed E-state index contributed by atoms with van der Waals surface area (Å²) in [5.41, 5.74) is 3.90. The number of nitrogens with one attached hydrogen (secondary N) is 2. The van der Waals surface area contributed by atoms with Crippen LogP contribution in [0.25, 0.3) is 22.6 Å². The Morgan fingerprint density at radius 2 is 1.81 bits per heavy atom. The third-order valence-electron chi connectivity index (χ3n) is 4.39. The Balaban J connectivity index is 1.74. The van der Waals surface area contributed by atoms with Gasteiger partial charge < -0.3 is 10.1 Å². The number of thiol groups is 1. The quantitative estimate of drug-likeness (QED) is 0.379. The number of nitrogens with zero attached hydrogens (tertiary/aromatic N) is 1. The van der Waals surface area contributed by atoms with E-state index in [-0.39, 0.29) is 6.10 Å². The van der Waals surface area contributed by atoms with Gasteiger partial charge >= 0.3 is 0 Å². The van der Waals surface area contributed by atoms with Gasteiger partial charge in [0.15, 0.2) is 0 Å². The maximum atomic E-state index is 10.0. The van der Waals surface area contributed by atoms with Crippen LogP contribution in [0.5, 0.6) is 0 Å². The highest BCUT2D eigenvalue weighted by Gasteiger charge is 2.10. The minimum absolute atomic E-state index is 0.385.